The van der Waals surface area contributed by atoms with E-state index >= 15 is 0 Å². The molecule has 0 aliphatic heterocycles. The lowest BCUT2D eigenvalue weighted by atomic mass is 10.1. The Kier molecular flexibility index (Phi) is 3.26. The Morgan fingerprint density at radius 1 is 1.19 bits per heavy atom. The third-order valence-corrected chi connectivity index (χ3v) is 3.69. The second-order valence-corrected chi connectivity index (χ2v) is 5.74. The Morgan fingerprint density at radius 3 is 2.62 bits per heavy atom. The first-order chi connectivity index (χ1) is 9.97. The first-order valence-electron chi connectivity index (χ1n) is 6.73. The van der Waals surface area contributed by atoms with Crippen molar-refractivity contribution in [3.05, 3.63) is 41.4 Å². The molecule has 3 rings (SSSR count). The van der Waals surface area contributed by atoms with E-state index in [4.69, 9.17) is 17.3 Å². The van der Waals surface area contributed by atoms with Crippen LogP contribution < -0.4 is 5.73 Å². The molecule has 0 aliphatic carbocycles. The van der Waals surface area contributed by atoms with Crippen molar-refractivity contribution in [3.8, 4) is 17.1 Å². The number of imidazole rings is 1. The maximum Gasteiger partial charge on any atom is 0.141 e. The maximum atomic E-state index is 9.58. The van der Waals surface area contributed by atoms with Crippen molar-refractivity contribution in [3.63, 3.8) is 0 Å². The van der Waals surface area contributed by atoms with Gasteiger partial charge in [-0.15, -0.1) is 0 Å². The zero-order chi connectivity index (χ0) is 15.1. The van der Waals surface area contributed by atoms with Gasteiger partial charge in [0.2, 0.25) is 0 Å². The third-order valence-electron chi connectivity index (χ3n) is 3.45. The van der Waals surface area contributed by atoms with Gasteiger partial charge in [-0.1, -0.05) is 11.6 Å². The minimum Gasteiger partial charge on any atom is -0.506 e. The molecule has 1 heterocycles. The van der Waals surface area contributed by atoms with E-state index in [-0.39, 0.29) is 11.8 Å². The van der Waals surface area contributed by atoms with Crippen molar-refractivity contribution in [2.75, 3.05) is 5.73 Å². The Bertz CT molecular complexity index is 824. The van der Waals surface area contributed by atoms with Gasteiger partial charge in [-0.3, -0.25) is 0 Å². The highest BCUT2D eigenvalue weighted by atomic mass is 35.5. The van der Waals surface area contributed by atoms with Crippen LogP contribution in [0.4, 0.5) is 5.69 Å². The summed E-state index contributed by atoms with van der Waals surface area (Å²) in [6.45, 7) is 4.20. The van der Waals surface area contributed by atoms with Gasteiger partial charge in [-0.25, -0.2) is 4.98 Å². The minimum absolute atomic E-state index is 0.0778. The van der Waals surface area contributed by atoms with Crippen LogP contribution in [0.15, 0.2) is 36.4 Å². The lowest BCUT2D eigenvalue weighted by Crippen LogP contribution is -2.03. The summed E-state index contributed by atoms with van der Waals surface area (Å²) in [6, 6.07) is 11.0. The van der Waals surface area contributed by atoms with Gasteiger partial charge in [0.25, 0.3) is 0 Å². The van der Waals surface area contributed by atoms with E-state index in [2.05, 4.69) is 23.4 Å². The number of nitrogen functional groups attached to an aromatic ring is 1. The quantitative estimate of drug-likeness (QED) is 0.550. The van der Waals surface area contributed by atoms with Crippen molar-refractivity contribution >= 4 is 28.3 Å². The highest BCUT2D eigenvalue weighted by molar-refractivity contribution is 6.31. The Hall–Kier alpha value is -2.20. The minimum atomic E-state index is 0.0778. The summed E-state index contributed by atoms with van der Waals surface area (Å²) >= 11 is 6.05. The highest BCUT2D eigenvalue weighted by Gasteiger charge is 2.15. The molecule has 0 fully saturated rings. The van der Waals surface area contributed by atoms with Crippen molar-refractivity contribution in [2.24, 2.45) is 0 Å². The van der Waals surface area contributed by atoms with Gasteiger partial charge in [-0.2, -0.15) is 0 Å². The molecule has 0 saturated heterocycles. The number of hydrogen-bond donors (Lipinski definition) is 2. The number of nitrogens with two attached hydrogens (primary N) is 1. The molecule has 2 aromatic carbocycles. The predicted octanol–water partition coefficient (Wildman–Crippen LogP) is 4.23. The lowest BCUT2D eigenvalue weighted by Gasteiger charge is -2.13. The van der Waals surface area contributed by atoms with E-state index in [1.165, 1.54) is 0 Å². The van der Waals surface area contributed by atoms with Gasteiger partial charge < -0.3 is 15.4 Å². The van der Waals surface area contributed by atoms with Crippen LogP contribution in [0.2, 0.25) is 5.02 Å². The third kappa shape index (κ3) is 2.32. The Balaban J connectivity index is 2.30. The second kappa shape index (κ2) is 4.97. The van der Waals surface area contributed by atoms with E-state index in [0.717, 1.165) is 22.4 Å². The molecule has 0 amide bonds. The highest BCUT2D eigenvalue weighted by Crippen LogP contribution is 2.32. The number of benzene rings is 2. The number of rotatable bonds is 2. The normalized spacial score (nSPS) is 11.4. The van der Waals surface area contributed by atoms with Crippen molar-refractivity contribution < 1.29 is 5.11 Å². The largest absolute Gasteiger partial charge is 0.506 e. The summed E-state index contributed by atoms with van der Waals surface area (Å²) < 4.78 is 2.14. The molecular weight excluding hydrogens is 286 g/mol. The second-order valence-electron chi connectivity index (χ2n) is 5.31. The van der Waals surface area contributed by atoms with Gasteiger partial charge in [0.1, 0.15) is 11.6 Å². The molecule has 0 atom stereocenters. The zero-order valence-electron chi connectivity index (χ0n) is 11.8. The van der Waals surface area contributed by atoms with Gasteiger partial charge in [-0.05, 0) is 50.2 Å². The predicted molar refractivity (Wildman–Crippen MR) is 86.6 cm³/mol. The fourth-order valence-electron chi connectivity index (χ4n) is 2.49. The van der Waals surface area contributed by atoms with Crippen LogP contribution in [-0.4, -0.2) is 14.7 Å². The fourth-order valence-corrected chi connectivity index (χ4v) is 2.66. The van der Waals surface area contributed by atoms with Crippen molar-refractivity contribution in [1.29, 1.82) is 0 Å². The number of hydrogen-bond acceptors (Lipinski definition) is 3. The monoisotopic (exact) mass is 301 g/mol. The zero-order valence-corrected chi connectivity index (χ0v) is 12.6. The summed E-state index contributed by atoms with van der Waals surface area (Å²) in [6.07, 6.45) is 0. The summed E-state index contributed by atoms with van der Waals surface area (Å²) in [5, 5.41) is 10.2. The molecule has 0 radical (unpaired) electrons. The van der Waals surface area contributed by atoms with E-state index in [0.29, 0.717) is 10.7 Å². The van der Waals surface area contributed by atoms with Gasteiger partial charge in [0.05, 0.1) is 16.7 Å². The fraction of sp³-hybridized carbons (Fsp3) is 0.188. The standard InChI is InChI=1S/C16H16ClN3O/c1-9(2)20-14-5-4-11(17)8-13(14)19-16(20)10-3-6-15(21)12(18)7-10/h3-9,21H,18H2,1-2H3. The molecule has 21 heavy (non-hydrogen) atoms. The first-order valence-corrected chi connectivity index (χ1v) is 7.11. The van der Waals surface area contributed by atoms with Crippen LogP contribution in [0, 0.1) is 0 Å². The van der Waals surface area contributed by atoms with Crippen LogP contribution >= 0.6 is 11.6 Å². The number of aromatic hydroxyl groups is 1. The summed E-state index contributed by atoms with van der Waals surface area (Å²) in [5.74, 6) is 0.892. The van der Waals surface area contributed by atoms with Gasteiger partial charge >= 0.3 is 0 Å². The van der Waals surface area contributed by atoms with Gasteiger partial charge in [0, 0.05) is 16.6 Å². The van der Waals surface area contributed by atoms with Crippen LogP contribution in [-0.2, 0) is 0 Å². The molecule has 0 aliphatic rings. The number of fused-ring (bicyclic) bond motifs is 1. The number of halogens is 1. The molecule has 0 bridgehead atoms. The topological polar surface area (TPSA) is 64.1 Å². The summed E-state index contributed by atoms with van der Waals surface area (Å²) in [7, 11) is 0. The van der Waals surface area contributed by atoms with E-state index < -0.39 is 0 Å². The molecule has 0 unspecified atom stereocenters. The Labute approximate surface area is 127 Å². The average Bonchev–Trinajstić information content (AvgIpc) is 2.80. The molecule has 1 aromatic heterocycles. The molecule has 0 spiro atoms. The lowest BCUT2D eigenvalue weighted by molar-refractivity contribution is 0.478. The summed E-state index contributed by atoms with van der Waals surface area (Å²) in [4.78, 5) is 4.68. The molecule has 5 heteroatoms. The van der Waals surface area contributed by atoms with Gasteiger partial charge in [0.15, 0.2) is 0 Å². The first kappa shape index (κ1) is 13.8. The molecule has 108 valence electrons. The van der Waals surface area contributed by atoms with E-state index in [9.17, 15) is 5.11 Å². The average molecular weight is 302 g/mol. The number of aromatic nitrogens is 2. The smallest absolute Gasteiger partial charge is 0.141 e. The van der Waals surface area contributed by atoms with Crippen LogP contribution in [0.25, 0.3) is 22.4 Å². The molecule has 3 N–H and O–H groups in total. The molecule has 0 saturated carbocycles. The number of anilines is 1. The van der Waals surface area contributed by atoms with Crippen LogP contribution in [0.1, 0.15) is 19.9 Å². The maximum absolute atomic E-state index is 9.58. The van der Waals surface area contributed by atoms with Crippen LogP contribution in [0.3, 0.4) is 0 Å². The number of nitrogens with zero attached hydrogens (tertiary/aromatic N) is 2. The van der Waals surface area contributed by atoms with E-state index in [1.807, 2.05) is 24.3 Å². The molecular formula is C16H16ClN3O. The SMILES string of the molecule is CC(C)n1c(-c2ccc(O)c(N)c2)nc2cc(Cl)ccc21. The van der Waals surface area contributed by atoms with E-state index in [1.54, 1.807) is 12.1 Å². The number of phenolic OH excluding ortho intramolecular Hbond substituents is 1. The molecule has 4 nitrogen and oxygen atoms in total. The van der Waals surface area contributed by atoms with Crippen molar-refractivity contribution in [2.45, 2.75) is 19.9 Å². The van der Waals surface area contributed by atoms with Crippen molar-refractivity contribution in [1.82, 2.24) is 9.55 Å². The Morgan fingerprint density at radius 2 is 1.95 bits per heavy atom. The summed E-state index contributed by atoms with van der Waals surface area (Å²) in [5.41, 5.74) is 8.87. The van der Waals surface area contributed by atoms with Crippen LogP contribution in [0.5, 0.6) is 5.75 Å². The molecule has 3 aromatic rings. The number of phenols is 1.